The molecule has 1 saturated carbocycles. The van der Waals surface area contributed by atoms with Gasteiger partial charge in [-0.2, -0.15) is 0 Å². The van der Waals surface area contributed by atoms with Crippen molar-refractivity contribution in [1.82, 2.24) is 0 Å². The summed E-state index contributed by atoms with van der Waals surface area (Å²) >= 11 is 0. The first-order valence-corrected chi connectivity index (χ1v) is 7.03. The van der Waals surface area contributed by atoms with Crippen molar-refractivity contribution in [3.63, 3.8) is 0 Å². The molecule has 0 aromatic heterocycles. The summed E-state index contributed by atoms with van der Waals surface area (Å²) in [7, 11) is 0. The van der Waals surface area contributed by atoms with E-state index in [2.05, 4.69) is 13.8 Å². The average molecular weight is 242 g/mol. The van der Waals surface area contributed by atoms with E-state index in [4.69, 9.17) is 9.84 Å². The first kappa shape index (κ1) is 14.5. The van der Waals surface area contributed by atoms with E-state index in [9.17, 15) is 4.79 Å². The monoisotopic (exact) mass is 242 g/mol. The van der Waals surface area contributed by atoms with Gasteiger partial charge in [-0.25, -0.2) is 0 Å². The maximum absolute atomic E-state index is 11.0. The first-order valence-electron chi connectivity index (χ1n) is 7.03. The molecule has 100 valence electrons. The van der Waals surface area contributed by atoms with Crippen molar-refractivity contribution in [2.75, 3.05) is 6.61 Å². The van der Waals surface area contributed by atoms with Crippen LogP contribution in [0.15, 0.2) is 0 Å². The Bertz CT molecular complexity index is 228. The van der Waals surface area contributed by atoms with Crippen molar-refractivity contribution >= 4 is 5.97 Å². The van der Waals surface area contributed by atoms with Crippen molar-refractivity contribution in [2.45, 2.75) is 64.9 Å². The number of carboxylic acids is 1. The Morgan fingerprint density at radius 2 is 2.18 bits per heavy atom. The average Bonchev–Trinajstić information content (AvgIpc) is 2.78. The fourth-order valence-corrected chi connectivity index (χ4v) is 2.57. The predicted octanol–water partition coefficient (Wildman–Crippen LogP) is 3.47. The lowest BCUT2D eigenvalue weighted by molar-refractivity contribution is -0.146. The SMILES string of the molecule is CCCCC(CC)COC1CCCC1C(=O)O. The summed E-state index contributed by atoms with van der Waals surface area (Å²) in [5, 5.41) is 9.07. The van der Waals surface area contributed by atoms with Crippen LogP contribution in [0.25, 0.3) is 0 Å². The van der Waals surface area contributed by atoms with E-state index in [-0.39, 0.29) is 12.0 Å². The molecule has 1 fully saturated rings. The number of aliphatic carboxylic acids is 1. The standard InChI is InChI=1S/C14H26O3/c1-3-5-7-11(4-2)10-17-13-9-6-8-12(13)14(15)16/h11-13H,3-10H2,1-2H3,(H,15,16). The Kier molecular flexibility index (Phi) is 6.56. The van der Waals surface area contributed by atoms with Crippen LogP contribution in [0.4, 0.5) is 0 Å². The quantitative estimate of drug-likeness (QED) is 0.709. The van der Waals surface area contributed by atoms with Gasteiger partial charge in [-0.3, -0.25) is 4.79 Å². The molecule has 0 bridgehead atoms. The zero-order chi connectivity index (χ0) is 12.7. The minimum Gasteiger partial charge on any atom is -0.481 e. The molecule has 1 N–H and O–H groups in total. The van der Waals surface area contributed by atoms with E-state index in [0.717, 1.165) is 32.3 Å². The maximum Gasteiger partial charge on any atom is 0.309 e. The van der Waals surface area contributed by atoms with Crippen molar-refractivity contribution in [1.29, 1.82) is 0 Å². The fourth-order valence-electron chi connectivity index (χ4n) is 2.57. The number of carbonyl (C=O) groups is 1. The van der Waals surface area contributed by atoms with Gasteiger partial charge in [0.2, 0.25) is 0 Å². The number of hydrogen-bond acceptors (Lipinski definition) is 2. The lowest BCUT2D eigenvalue weighted by Gasteiger charge is -2.21. The normalized spacial score (nSPS) is 26.0. The number of ether oxygens (including phenoxy) is 1. The van der Waals surface area contributed by atoms with E-state index in [0.29, 0.717) is 5.92 Å². The number of carboxylic acid groups (broad SMARTS) is 1. The third kappa shape index (κ3) is 4.66. The fraction of sp³-hybridized carbons (Fsp3) is 0.929. The summed E-state index contributed by atoms with van der Waals surface area (Å²) < 4.78 is 5.85. The molecule has 3 unspecified atom stereocenters. The molecule has 1 aliphatic rings. The van der Waals surface area contributed by atoms with E-state index in [1.165, 1.54) is 19.3 Å². The van der Waals surface area contributed by atoms with Crippen molar-refractivity contribution in [3.8, 4) is 0 Å². The van der Waals surface area contributed by atoms with Crippen molar-refractivity contribution in [3.05, 3.63) is 0 Å². The Labute approximate surface area is 105 Å². The zero-order valence-corrected chi connectivity index (χ0v) is 11.2. The topological polar surface area (TPSA) is 46.5 Å². The summed E-state index contributed by atoms with van der Waals surface area (Å²) in [6, 6.07) is 0. The lowest BCUT2D eigenvalue weighted by Crippen LogP contribution is -2.27. The second-order valence-electron chi connectivity index (χ2n) is 5.16. The lowest BCUT2D eigenvalue weighted by atomic mass is 10.00. The molecule has 0 amide bonds. The Morgan fingerprint density at radius 3 is 2.76 bits per heavy atom. The summed E-state index contributed by atoms with van der Waals surface area (Å²) in [5.41, 5.74) is 0. The van der Waals surface area contributed by atoms with Crippen LogP contribution in [0.5, 0.6) is 0 Å². The highest BCUT2D eigenvalue weighted by Gasteiger charge is 2.33. The highest BCUT2D eigenvalue weighted by Crippen LogP contribution is 2.29. The molecule has 0 radical (unpaired) electrons. The van der Waals surface area contributed by atoms with E-state index in [1.807, 2.05) is 0 Å². The van der Waals surface area contributed by atoms with Gasteiger partial charge in [0, 0.05) is 6.61 Å². The summed E-state index contributed by atoms with van der Waals surface area (Å²) in [6.45, 7) is 5.13. The number of rotatable bonds is 8. The third-order valence-electron chi connectivity index (χ3n) is 3.86. The molecule has 17 heavy (non-hydrogen) atoms. The molecular weight excluding hydrogens is 216 g/mol. The van der Waals surface area contributed by atoms with Crippen molar-refractivity contribution < 1.29 is 14.6 Å². The molecule has 3 atom stereocenters. The van der Waals surface area contributed by atoms with Crippen LogP contribution < -0.4 is 0 Å². The van der Waals surface area contributed by atoms with Gasteiger partial charge < -0.3 is 9.84 Å². The Morgan fingerprint density at radius 1 is 1.41 bits per heavy atom. The third-order valence-corrected chi connectivity index (χ3v) is 3.86. The van der Waals surface area contributed by atoms with Gasteiger partial charge in [0.05, 0.1) is 12.0 Å². The Hall–Kier alpha value is -0.570. The number of unbranched alkanes of at least 4 members (excludes halogenated alkanes) is 1. The van der Waals surface area contributed by atoms with Gasteiger partial charge in [-0.05, 0) is 31.6 Å². The van der Waals surface area contributed by atoms with Crippen LogP contribution in [-0.2, 0) is 9.53 Å². The second-order valence-corrected chi connectivity index (χ2v) is 5.16. The van der Waals surface area contributed by atoms with E-state index in [1.54, 1.807) is 0 Å². The smallest absolute Gasteiger partial charge is 0.309 e. The predicted molar refractivity (Wildman–Crippen MR) is 68.0 cm³/mol. The molecule has 0 aromatic rings. The molecule has 0 aliphatic heterocycles. The molecular formula is C14H26O3. The highest BCUT2D eigenvalue weighted by atomic mass is 16.5. The van der Waals surface area contributed by atoms with E-state index >= 15 is 0 Å². The van der Waals surface area contributed by atoms with Gasteiger partial charge in [-0.1, -0.05) is 33.1 Å². The summed E-state index contributed by atoms with van der Waals surface area (Å²) in [4.78, 5) is 11.0. The van der Waals surface area contributed by atoms with Crippen LogP contribution in [-0.4, -0.2) is 23.8 Å². The van der Waals surface area contributed by atoms with Crippen LogP contribution in [0.1, 0.15) is 58.8 Å². The van der Waals surface area contributed by atoms with E-state index < -0.39 is 5.97 Å². The minimum absolute atomic E-state index is 0.0387. The molecule has 0 aromatic carbocycles. The molecule has 0 spiro atoms. The second kappa shape index (κ2) is 7.70. The van der Waals surface area contributed by atoms with Gasteiger partial charge in [0.25, 0.3) is 0 Å². The Balaban J connectivity index is 2.30. The van der Waals surface area contributed by atoms with Gasteiger partial charge in [0.1, 0.15) is 0 Å². The van der Waals surface area contributed by atoms with Crippen LogP contribution in [0.2, 0.25) is 0 Å². The summed E-state index contributed by atoms with van der Waals surface area (Å²) in [5.74, 6) is -0.349. The minimum atomic E-state index is -0.686. The first-order chi connectivity index (χ1) is 8.19. The molecule has 0 heterocycles. The van der Waals surface area contributed by atoms with Gasteiger partial charge >= 0.3 is 5.97 Å². The van der Waals surface area contributed by atoms with Gasteiger partial charge in [0.15, 0.2) is 0 Å². The number of hydrogen-bond donors (Lipinski definition) is 1. The maximum atomic E-state index is 11.0. The van der Waals surface area contributed by atoms with Crippen LogP contribution in [0.3, 0.4) is 0 Å². The molecule has 1 aliphatic carbocycles. The zero-order valence-electron chi connectivity index (χ0n) is 11.2. The molecule has 3 heteroatoms. The molecule has 0 saturated heterocycles. The van der Waals surface area contributed by atoms with Gasteiger partial charge in [-0.15, -0.1) is 0 Å². The highest BCUT2D eigenvalue weighted by molar-refractivity contribution is 5.71. The molecule has 1 rings (SSSR count). The summed E-state index contributed by atoms with van der Waals surface area (Å²) in [6.07, 6.45) is 7.46. The molecule has 3 nitrogen and oxygen atoms in total. The van der Waals surface area contributed by atoms with Crippen LogP contribution in [0, 0.1) is 11.8 Å². The van der Waals surface area contributed by atoms with Crippen molar-refractivity contribution in [2.24, 2.45) is 11.8 Å². The van der Waals surface area contributed by atoms with Crippen LogP contribution >= 0.6 is 0 Å². The largest absolute Gasteiger partial charge is 0.481 e.